The SMILES string of the molecule is Cc1cc(Cc2c(CCO)n(CC3C4=C(C(C)CC(O)C5OC5(C)C)C(=O)CC4(C)C4(C)CCC5C(C)(CCC(=O)C5(C)C5CCCC5)C4C3O)c3cc[nH]c23)cc(C2CCOCC2)c1. The Kier molecular flexibility index (Phi) is 11.4. The standard InChI is InChI=1S/C56H78N2O7/c1-32-25-34(28-36(26-32)35-17-23-64-24-18-35)29-38-40(16-22-59)58(41-15-21-57-48(38)41)31-39-47-46(33(2)27-42(60)51-52(3,4)65-51)43(61)30-55(47,7)54(6)20-13-44-53(5,50(54)49(39)63)19-14-45(62)56(44,8)37-11-9-10-12-37/h15,21,25-26,28,33,35,37,39,42,44,49-51,57,59-60,63H,9-14,16-20,22-24,27,29-31H2,1-8H3. The first kappa shape index (κ1) is 45.7. The Hall–Kier alpha value is -3.08. The van der Waals surface area contributed by atoms with E-state index >= 15 is 4.79 Å². The first-order valence-corrected chi connectivity index (χ1v) is 25.7. The zero-order valence-corrected chi connectivity index (χ0v) is 40.7. The van der Waals surface area contributed by atoms with Gasteiger partial charge in [0, 0.05) is 86.3 Å². The first-order chi connectivity index (χ1) is 30.9. The normalized spacial score (nSPS) is 37.1. The Morgan fingerprint density at radius 3 is 2.38 bits per heavy atom. The highest BCUT2D eigenvalue weighted by Gasteiger charge is 2.73. The summed E-state index contributed by atoms with van der Waals surface area (Å²) < 4.78 is 14.0. The third-order valence-corrected chi connectivity index (χ3v) is 20.1. The second kappa shape index (κ2) is 16.3. The van der Waals surface area contributed by atoms with Crippen LogP contribution in [0.5, 0.6) is 0 Å². The maximum atomic E-state index is 15.1. The number of rotatable bonds is 12. The molecule has 11 unspecified atom stereocenters. The average Bonchev–Trinajstić information content (AvgIpc) is 3.81. The van der Waals surface area contributed by atoms with Crippen molar-refractivity contribution < 1.29 is 34.4 Å². The Morgan fingerprint density at radius 1 is 0.969 bits per heavy atom. The monoisotopic (exact) mass is 891 g/mol. The minimum absolute atomic E-state index is 0.0130. The van der Waals surface area contributed by atoms with Gasteiger partial charge < -0.3 is 34.3 Å². The van der Waals surface area contributed by atoms with Crippen molar-refractivity contribution in [3.8, 4) is 0 Å². The molecular weight excluding hydrogens is 813 g/mol. The third-order valence-electron chi connectivity index (χ3n) is 20.1. The van der Waals surface area contributed by atoms with Gasteiger partial charge in [-0.25, -0.2) is 0 Å². The number of nitrogens with one attached hydrogen (secondary N) is 1. The van der Waals surface area contributed by atoms with Crippen molar-refractivity contribution >= 4 is 22.6 Å². The number of aromatic amines is 1. The number of aliphatic hydroxyl groups excluding tert-OH is 3. The molecule has 4 saturated carbocycles. The number of carbonyl (C=O) groups excluding carboxylic acids is 2. The second-order valence-corrected chi connectivity index (χ2v) is 23.9. The van der Waals surface area contributed by atoms with Crippen molar-refractivity contribution in [2.45, 2.75) is 182 Å². The summed E-state index contributed by atoms with van der Waals surface area (Å²) >= 11 is 0. The number of epoxide rings is 1. The van der Waals surface area contributed by atoms with E-state index in [0.717, 1.165) is 86.0 Å². The van der Waals surface area contributed by atoms with Gasteiger partial charge in [0.15, 0.2) is 5.78 Å². The molecule has 1 aromatic carbocycles. The van der Waals surface area contributed by atoms with Gasteiger partial charge in [0.2, 0.25) is 0 Å². The molecule has 0 amide bonds. The van der Waals surface area contributed by atoms with E-state index in [-0.39, 0.29) is 47.3 Å². The molecule has 2 aromatic heterocycles. The number of hydrogen-bond donors (Lipinski definition) is 4. The van der Waals surface area contributed by atoms with E-state index in [4.69, 9.17) is 9.47 Å². The summed E-state index contributed by atoms with van der Waals surface area (Å²) in [5.41, 5.74) is 8.06. The Balaban J connectivity index is 1.11. The van der Waals surface area contributed by atoms with E-state index in [9.17, 15) is 20.1 Å². The van der Waals surface area contributed by atoms with E-state index in [1.807, 2.05) is 20.0 Å². The summed E-state index contributed by atoms with van der Waals surface area (Å²) in [7, 11) is 0. The molecule has 65 heavy (non-hydrogen) atoms. The summed E-state index contributed by atoms with van der Waals surface area (Å²) in [4.78, 5) is 33.1. The largest absolute Gasteiger partial charge is 0.396 e. The molecule has 10 rings (SSSR count). The fourth-order valence-corrected chi connectivity index (χ4v) is 16.9. The summed E-state index contributed by atoms with van der Waals surface area (Å²) in [6, 6.07) is 9.16. The molecule has 11 atom stereocenters. The van der Waals surface area contributed by atoms with Crippen LogP contribution in [0.3, 0.4) is 0 Å². The number of fused-ring (bicyclic) bond motifs is 6. The molecule has 4 heterocycles. The van der Waals surface area contributed by atoms with Gasteiger partial charge in [-0.3, -0.25) is 9.59 Å². The van der Waals surface area contributed by atoms with Crippen LogP contribution < -0.4 is 0 Å². The van der Waals surface area contributed by atoms with Gasteiger partial charge in [0.25, 0.3) is 0 Å². The van der Waals surface area contributed by atoms with Crippen LogP contribution in [0.15, 0.2) is 41.6 Å². The first-order valence-electron chi connectivity index (χ1n) is 25.7. The van der Waals surface area contributed by atoms with Gasteiger partial charge in [-0.1, -0.05) is 71.2 Å². The summed E-state index contributed by atoms with van der Waals surface area (Å²) in [5.74, 6) is 0.826. The molecule has 3 aromatic rings. The maximum Gasteiger partial charge on any atom is 0.160 e. The number of aryl methyl sites for hydroxylation is 1. The van der Waals surface area contributed by atoms with Gasteiger partial charge in [-0.05, 0) is 141 Å². The average molecular weight is 891 g/mol. The van der Waals surface area contributed by atoms with Crippen LogP contribution in [-0.4, -0.2) is 80.2 Å². The minimum atomic E-state index is -0.777. The molecule has 4 N–H and O–H groups in total. The van der Waals surface area contributed by atoms with Crippen molar-refractivity contribution in [1.29, 1.82) is 0 Å². The lowest BCUT2D eigenvalue weighted by Gasteiger charge is -2.70. The number of benzene rings is 1. The molecule has 2 aliphatic heterocycles. The predicted molar refractivity (Wildman–Crippen MR) is 254 cm³/mol. The lowest BCUT2D eigenvalue weighted by Crippen LogP contribution is -2.68. The quantitative estimate of drug-likeness (QED) is 0.133. The molecule has 5 aliphatic carbocycles. The van der Waals surface area contributed by atoms with Gasteiger partial charge in [0.1, 0.15) is 11.9 Å². The highest BCUT2D eigenvalue weighted by Crippen LogP contribution is 2.76. The van der Waals surface area contributed by atoms with Gasteiger partial charge in [-0.15, -0.1) is 0 Å². The van der Waals surface area contributed by atoms with Crippen LogP contribution >= 0.6 is 0 Å². The van der Waals surface area contributed by atoms with Crippen molar-refractivity contribution in [1.82, 2.24) is 9.55 Å². The molecule has 0 spiro atoms. The predicted octanol–water partition coefficient (Wildman–Crippen LogP) is 9.73. The number of allylic oxidation sites excluding steroid dienone is 1. The molecule has 6 fully saturated rings. The molecule has 9 nitrogen and oxygen atoms in total. The summed E-state index contributed by atoms with van der Waals surface area (Å²) in [5, 5.41) is 36.2. The number of ether oxygens (including phenoxy) is 2. The van der Waals surface area contributed by atoms with Crippen molar-refractivity contribution in [2.75, 3.05) is 19.8 Å². The van der Waals surface area contributed by atoms with E-state index in [1.165, 1.54) is 35.1 Å². The van der Waals surface area contributed by atoms with E-state index in [2.05, 4.69) is 75.4 Å². The zero-order valence-electron chi connectivity index (χ0n) is 40.7. The van der Waals surface area contributed by atoms with Crippen LogP contribution in [-0.2, 0) is 38.4 Å². The summed E-state index contributed by atoms with van der Waals surface area (Å²) in [6.07, 6.45) is 11.9. The number of ketones is 2. The van der Waals surface area contributed by atoms with Gasteiger partial charge in [-0.2, -0.15) is 0 Å². The highest BCUT2D eigenvalue weighted by atomic mass is 16.6. The van der Waals surface area contributed by atoms with Gasteiger partial charge in [0.05, 0.1) is 28.8 Å². The van der Waals surface area contributed by atoms with E-state index in [1.54, 1.807) is 0 Å². The Morgan fingerprint density at radius 2 is 1.69 bits per heavy atom. The topological polar surface area (TPSA) is 137 Å². The lowest BCUT2D eigenvalue weighted by atomic mass is 9.34. The second-order valence-electron chi connectivity index (χ2n) is 23.9. The number of hydrogen-bond acceptors (Lipinski definition) is 7. The summed E-state index contributed by atoms with van der Waals surface area (Å²) in [6.45, 7) is 19.8. The van der Waals surface area contributed by atoms with Crippen molar-refractivity contribution in [3.05, 3.63) is 69.6 Å². The molecular formula is C56H78N2O7. The van der Waals surface area contributed by atoms with E-state index < -0.39 is 34.4 Å². The molecule has 2 saturated heterocycles. The van der Waals surface area contributed by atoms with Gasteiger partial charge >= 0.3 is 0 Å². The van der Waals surface area contributed by atoms with Crippen LogP contribution in [0.2, 0.25) is 0 Å². The van der Waals surface area contributed by atoms with E-state index in [0.29, 0.717) is 56.3 Å². The zero-order chi connectivity index (χ0) is 46.0. The van der Waals surface area contributed by atoms with Crippen LogP contribution in [0.1, 0.15) is 159 Å². The number of aliphatic hydroxyl groups is 3. The van der Waals surface area contributed by atoms with Crippen LogP contribution in [0.4, 0.5) is 0 Å². The molecule has 0 bridgehead atoms. The number of H-pyrrole nitrogens is 1. The van der Waals surface area contributed by atoms with Crippen molar-refractivity contribution in [3.63, 3.8) is 0 Å². The number of Topliss-reactive ketones (excluding diaryl/α,β-unsaturated/α-hetero) is 2. The maximum absolute atomic E-state index is 15.1. The number of nitrogens with zero attached hydrogens (tertiary/aromatic N) is 1. The highest BCUT2D eigenvalue weighted by molar-refractivity contribution is 6.01. The number of carbonyl (C=O) groups is 2. The van der Waals surface area contributed by atoms with Crippen LogP contribution in [0.25, 0.3) is 11.0 Å². The molecule has 9 heteroatoms. The molecule has 7 aliphatic rings. The fourth-order valence-electron chi connectivity index (χ4n) is 16.9. The minimum Gasteiger partial charge on any atom is -0.396 e. The smallest absolute Gasteiger partial charge is 0.160 e. The molecule has 0 radical (unpaired) electrons. The lowest BCUT2D eigenvalue weighted by molar-refractivity contribution is -0.227. The Bertz CT molecular complexity index is 2380. The fraction of sp³-hybridized carbons (Fsp3) is 0.714. The van der Waals surface area contributed by atoms with Crippen molar-refractivity contribution in [2.24, 2.45) is 51.2 Å². The number of aromatic nitrogens is 2. The van der Waals surface area contributed by atoms with Crippen LogP contribution in [0, 0.1) is 58.2 Å². The third kappa shape index (κ3) is 6.99. The molecule has 354 valence electrons. The Labute approximate surface area is 387 Å².